The highest BCUT2D eigenvalue weighted by Gasteiger charge is 2.33. The van der Waals surface area contributed by atoms with Gasteiger partial charge in [-0.2, -0.15) is 0 Å². The molecule has 1 unspecified atom stereocenters. The van der Waals surface area contributed by atoms with E-state index in [-0.39, 0.29) is 5.91 Å². The van der Waals surface area contributed by atoms with Gasteiger partial charge in [0.15, 0.2) is 0 Å². The van der Waals surface area contributed by atoms with Crippen molar-refractivity contribution in [2.45, 2.75) is 19.3 Å². The van der Waals surface area contributed by atoms with Crippen LogP contribution in [-0.4, -0.2) is 36.6 Å². The van der Waals surface area contributed by atoms with Crippen molar-refractivity contribution in [1.82, 2.24) is 5.32 Å². The number of carboxylic acid groups (broad SMARTS) is 1. The molecule has 0 bridgehead atoms. The summed E-state index contributed by atoms with van der Waals surface area (Å²) in [6.07, 6.45) is 0.383. The van der Waals surface area contributed by atoms with Crippen LogP contribution in [-0.2, 0) is 9.59 Å². The largest absolute Gasteiger partial charge is 0.481 e. The van der Waals surface area contributed by atoms with Crippen molar-refractivity contribution in [3.8, 4) is 0 Å². The maximum absolute atomic E-state index is 11.5. The van der Waals surface area contributed by atoms with Crippen molar-refractivity contribution in [3.63, 3.8) is 0 Å². The minimum atomic E-state index is -0.812. The Morgan fingerprint density at radius 1 is 1.42 bits per heavy atom. The van der Waals surface area contributed by atoms with Gasteiger partial charge in [-0.15, -0.1) is 0 Å². The molecule has 0 fully saturated rings. The zero-order valence-electron chi connectivity index (χ0n) is 10.9. The molecule has 19 heavy (non-hydrogen) atoms. The summed E-state index contributed by atoms with van der Waals surface area (Å²) in [7, 11) is 0. The minimum Gasteiger partial charge on any atom is -0.481 e. The molecule has 2 rings (SSSR count). The number of amides is 1. The highest BCUT2D eigenvalue weighted by atomic mass is 16.4. The van der Waals surface area contributed by atoms with E-state index in [9.17, 15) is 14.7 Å². The van der Waals surface area contributed by atoms with Crippen LogP contribution in [0.5, 0.6) is 0 Å². The Morgan fingerprint density at radius 2 is 2.16 bits per heavy atom. The molecule has 0 spiro atoms. The Labute approximate surface area is 112 Å². The van der Waals surface area contributed by atoms with Crippen molar-refractivity contribution in [1.29, 1.82) is 0 Å². The van der Waals surface area contributed by atoms with Gasteiger partial charge in [-0.3, -0.25) is 9.59 Å². The molecule has 5 heteroatoms. The third-order valence-electron chi connectivity index (χ3n) is 3.34. The fourth-order valence-corrected chi connectivity index (χ4v) is 2.43. The standard InChI is InChI=1S/C14H18N2O3/c1-2-15-13(17)7-8-16-9-11(14(18)19)10-5-3-4-6-12(10)16/h3-6,11H,2,7-9H2,1H3,(H,15,17)(H,18,19). The van der Waals surface area contributed by atoms with Gasteiger partial charge in [0.05, 0.1) is 0 Å². The van der Waals surface area contributed by atoms with Gasteiger partial charge in [0, 0.05) is 31.7 Å². The van der Waals surface area contributed by atoms with Crippen LogP contribution < -0.4 is 10.2 Å². The van der Waals surface area contributed by atoms with Crippen LogP contribution in [0, 0.1) is 0 Å². The van der Waals surface area contributed by atoms with E-state index in [0.29, 0.717) is 26.1 Å². The second kappa shape index (κ2) is 5.73. The van der Waals surface area contributed by atoms with E-state index in [1.54, 1.807) is 0 Å². The maximum atomic E-state index is 11.5. The summed E-state index contributed by atoms with van der Waals surface area (Å²) in [6, 6.07) is 7.50. The number of fused-ring (bicyclic) bond motifs is 1. The second-order valence-corrected chi connectivity index (χ2v) is 4.60. The fourth-order valence-electron chi connectivity index (χ4n) is 2.43. The van der Waals surface area contributed by atoms with Crippen LogP contribution in [0.4, 0.5) is 5.69 Å². The van der Waals surface area contributed by atoms with Crippen LogP contribution in [0.25, 0.3) is 0 Å². The molecule has 0 radical (unpaired) electrons. The number of carboxylic acids is 1. The lowest BCUT2D eigenvalue weighted by Crippen LogP contribution is -2.31. The zero-order valence-corrected chi connectivity index (χ0v) is 10.9. The van der Waals surface area contributed by atoms with Crippen LogP contribution in [0.3, 0.4) is 0 Å². The van der Waals surface area contributed by atoms with Crippen molar-refractivity contribution in [2.75, 3.05) is 24.5 Å². The van der Waals surface area contributed by atoms with Crippen LogP contribution in [0.15, 0.2) is 24.3 Å². The first-order chi connectivity index (χ1) is 9.13. The molecular formula is C14H18N2O3. The van der Waals surface area contributed by atoms with E-state index in [0.717, 1.165) is 11.3 Å². The lowest BCUT2D eigenvalue weighted by atomic mass is 10.0. The lowest BCUT2D eigenvalue weighted by Gasteiger charge is -2.19. The summed E-state index contributed by atoms with van der Waals surface area (Å²) in [5.41, 5.74) is 1.77. The topological polar surface area (TPSA) is 69.6 Å². The first-order valence-electron chi connectivity index (χ1n) is 6.47. The molecule has 5 nitrogen and oxygen atoms in total. The molecule has 1 aliphatic heterocycles. The quantitative estimate of drug-likeness (QED) is 0.836. The molecule has 1 aromatic rings. The average molecular weight is 262 g/mol. The molecule has 1 aliphatic rings. The Bertz CT molecular complexity index is 487. The molecule has 1 atom stereocenters. The molecule has 102 valence electrons. The number of nitrogens with zero attached hydrogens (tertiary/aromatic N) is 1. The van der Waals surface area contributed by atoms with E-state index < -0.39 is 11.9 Å². The number of benzene rings is 1. The minimum absolute atomic E-state index is 0.00115. The first-order valence-corrected chi connectivity index (χ1v) is 6.47. The van der Waals surface area contributed by atoms with Crippen LogP contribution in [0.2, 0.25) is 0 Å². The summed E-state index contributed by atoms with van der Waals surface area (Å²) in [4.78, 5) is 24.7. The van der Waals surface area contributed by atoms with E-state index in [2.05, 4.69) is 5.32 Å². The predicted molar refractivity (Wildman–Crippen MR) is 72.3 cm³/mol. The summed E-state index contributed by atoms with van der Waals surface area (Å²) in [5, 5.41) is 12.0. The third-order valence-corrected chi connectivity index (χ3v) is 3.34. The average Bonchev–Trinajstić information content (AvgIpc) is 2.76. The number of carbonyl (C=O) groups is 2. The number of para-hydroxylation sites is 1. The van der Waals surface area contributed by atoms with Gasteiger partial charge in [-0.05, 0) is 18.6 Å². The molecule has 0 aromatic heterocycles. The monoisotopic (exact) mass is 262 g/mol. The molecule has 1 heterocycles. The summed E-state index contributed by atoms with van der Waals surface area (Å²) < 4.78 is 0. The highest BCUT2D eigenvalue weighted by Crippen LogP contribution is 2.36. The number of anilines is 1. The van der Waals surface area contributed by atoms with Gasteiger partial charge in [-0.1, -0.05) is 18.2 Å². The normalized spacial score (nSPS) is 17.1. The second-order valence-electron chi connectivity index (χ2n) is 4.60. The van der Waals surface area contributed by atoms with Crippen LogP contribution in [0.1, 0.15) is 24.8 Å². The smallest absolute Gasteiger partial charge is 0.312 e. The van der Waals surface area contributed by atoms with Gasteiger partial charge in [-0.25, -0.2) is 0 Å². The Morgan fingerprint density at radius 3 is 2.84 bits per heavy atom. The van der Waals surface area contributed by atoms with E-state index in [4.69, 9.17) is 0 Å². The maximum Gasteiger partial charge on any atom is 0.312 e. The number of aliphatic carboxylic acids is 1. The van der Waals surface area contributed by atoms with Gasteiger partial charge < -0.3 is 15.3 Å². The van der Waals surface area contributed by atoms with Crippen molar-refractivity contribution in [2.24, 2.45) is 0 Å². The van der Waals surface area contributed by atoms with Gasteiger partial charge in [0.25, 0.3) is 0 Å². The molecule has 0 saturated heterocycles. The number of nitrogens with one attached hydrogen (secondary N) is 1. The van der Waals surface area contributed by atoms with Gasteiger partial charge in [0.2, 0.25) is 5.91 Å². The van der Waals surface area contributed by atoms with Gasteiger partial charge >= 0.3 is 5.97 Å². The number of carbonyl (C=O) groups excluding carboxylic acids is 1. The lowest BCUT2D eigenvalue weighted by molar-refractivity contribution is -0.138. The molecule has 1 amide bonds. The van der Waals surface area contributed by atoms with E-state index in [1.807, 2.05) is 36.1 Å². The van der Waals surface area contributed by atoms with Crippen molar-refractivity contribution < 1.29 is 14.7 Å². The molecule has 0 aliphatic carbocycles. The highest BCUT2D eigenvalue weighted by molar-refractivity contribution is 5.83. The van der Waals surface area contributed by atoms with Crippen molar-refractivity contribution >= 4 is 17.6 Å². The van der Waals surface area contributed by atoms with Gasteiger partial charge in [0.1, 0.15) is 5.92 Å². The number of rotatable bonds is 5. The SMILES string of the molecule is CCNC(=O)CCN1CC(C(=O)O)c2ccccc21. The Kier molecular flexibility index (Phi) is 4.04. The first kappa shape index (κ1) is 13.4. The summed E-state index contributed by atoms with van der Waals surface area (Å²) in [6.45, 7) is 3.48. The summed E-state index contributed by atoms with van der Waals surface area (Å²) in [5.74, 6) is -1.31. The predicted octanol–water partition coefficient (Wildman–Crippen LogP) is 1.20. The third kappa shape index (κ3) is 2.86. The molecule has 2 N–H and O–H groups in total. The van der Waals surface area contributed by atoms with E-state index in [1.165, 1.54) is 0 Å². The zero-order chi connectivity index (χ0) is 13.8. The fraction of sp³-hybridized carbons (Fsp3) is 0.429. The Hall–Kier alpha value is -2.04. The Balaban J connectivity index is 2.08. The summed E-state index contributed by atoms with van der Waals surface area (Å²) >= 11 is 0. The number of hydrogen-bond acceptors (Lipinski definition) is 3. The molecule has 0 saturated carbocycles. The number of hydrogen-bond donors (Lipinski definition) is 2. The van der Waals surface area contributed by atoms with Crippen LogP contribution >= 0.6 is 0 Å². The van der Waals surface area contributed by atoms with E-state index >= 15 is 0 Å². The molecular weight excluding hydrogens is 244 g/mol. The van der Waals surface area contributed by atoms with Crippen molar-refractivity contribution in [3.05, 3.63) is 29.8 Å². The molecule has 1 aromatic carbocycles.